The molecule has 1 N–H and O–H groups in total. The summed E-state index contributed by atoms with van der Waals surface area (Å²) in [6.45, 7) is 3.03. The lowest BCUT2D eigenvalue weighted by Gasteiger charge is -2.03. The summed E-state index contributed by atoms with van der Waals surface area (Å²) >= 11 is 6.10. The van der Waals surface area contributed by atoms with Crippen LogP contribution in [0.2, 0.25) is 5.02 Å². The number of aryl methyl sites for hydroxylation is 2. The molecule has 0 aromatic carbocycles. The summed E-state index contributed by atoms with van der Waals surface area (Å²) in [7, 11) is 1.87. The van der Waals surface area contributed by atoms with Crippen LogP contribution in [-0.4, -0.2) is 19.9 Å². The van der Waals surface area contributed by atoms with Crippen molar-refractivity contribution in [1.82, 2.24) is 25.2 Å². The van der Waals surface area contributed by atoms with E-state index in [1.165, 1.54) is 6.39 Å². The Morgan fingerprint density at radius 1 is 1.50 bits per heavy atom. The van der Waals surface area contributed by atoms with Gasteiger partial charge in [-0.2, -0.15) is 10.1 Å². The highest BCUT2D eigenvalue weighted by Gasteiger charge is 2.10. The van der Waals surface area contributed by atoms with Gasteiger partial charge in [-0.3, -0.25) is 4.68 Å². The predicted octanol–water partition coefficient (Wildman–Crippen LogP) is 1.05. The van der Waals surface area contributed by atoms with E-state index in [-0.39, 0.29) is 0 Å². The molecule has 2 heterocycles. The molecule has 0 aliphatic carbocycles. The molecular weight excluding hydrogens is 230 g/mol. The number of halogens is 1. The first kappa shape index (κ1) is 11.1. The maximum absolute atomic E-state index is 6.10. The van der Waals surface area contributed by atoms with Gasteiger partial charge in [-0.05, 0) is 6.92 Å². The second-order valence-electron chi connectivity index (χ2n) is 3.42. The van der Waals surface area contributed by atoms with Crippen LogP contribution in [0.3, 0.4) is 0 Å². The van der Waals surface area contributed by atoms with Crippen LogP contribution in [0.25, 0.3) is 0 Å². The Balaban J connectivity index is 1.95. The van der Waals surface area contributed by atoms with Gasteiger partial charge in [-0.25, -0.2) is 0 Å². The van der Waals surface area contributed by atoms with Crippen LogP contribution in [-0.2, 0) is 20.1 Å². The first-order valence-corrected chi connectivity index (χ1v) is 5.20. The number of aromatic nitrogens is 4. The molecule has 6 nitrogen and oxygen atoms in total. The molecule has 0 aliphatic heterocycles. The molecule has 0 saturated carbocycles. The summed E-state index contributed by atoms with van der Waals surface area (Å²) in [5.74, 6) is 0.620. The van der Waals surface area contributed by atoms with Crippen molar-refractivity contribution in [2.45, 2.75) is 20.0 Å². The van der Waals surface area contributed by atoms with Gasteiger partial charge in [-0.15, -0.1) is 0 Å². The number of hydrogen-bond donors (Lipinski definition) is 1. The van der Waals surface area contributed by atoms with Crippen LogP contribution in [0.4, 0.5) is 0 Å². The topological polar surface area (TPSA) is 68.8 Å². The van der Waals surface area contributed by atoms with Crippen LogP contribution in [0.15, 0.2) is 10.9 Å². The van der Waals surface area contributed by atoms with Gasteiger partial charge in [0.2, 0.25) is 6.39 Å². The van der Waals surface area contributed by atoms with Crippen molar-refractivity contribution in [3.63, 3.8) is 0 Å². The zero-order chi connectivity index (χ0) is 11.5. The molecule has 0 radical (unpaired) electrons. The van der Waals surface area contributed by atoms with E-state index in [1.54, 1.807) is 4.68 Å². The summed E-state index contributed by atoms with van der Waals surface area (Å²) < 4.78 is 6.39. The van der Waals surface area contributed by atoms with Crippen LogP contribution in [0.1, 0.15) is 17.2 Å². The van der Waals surface area contributed by atoms with Gasteiger partial charge in [-0.1, -0.05) is 16.8 Å². The maximum Gasteiger partial charge on any atom is 0.213 e. The molecule has 0 atom stereocenters. The number of nitrogens with one attached hydrogen (secondary N) is 1. The molecule has 7 heteroatoms. The molecule has 2 aromatic rings. The lowest BCUT2D eigenvalue weighted by molar-refractivity contribution is 0.407. The average Bonchev–Trinajstić information content (AvgIpc) is 2.82. The molecule has 16 heavy (non-hydrogen) atoms. The SMILES string of the molecule is Cc1nn(C)c(CNCc2ncon2)c1Cl. The van der Waals surface area contributed by atoms with Crippen LogP contribution >= 0.6 is 11.6 Å². The van der Waals surface area contributed by atoms with E-state index in [1.807, 2.05) is 14.0 Å². The minimum atomic E-state index is 0.539. The molecule has 0 aliphatic rings. The third kappa shape index (κ3) is 2.23. The standard InChI is InChI=1S/C9H12ClN5O/c1-6-9(10)7(15(2)13-6)3-11-4-8-12-5-16-14-8/h5,11H,3-4H2,1-2H3. The molecule has 0 fully saturated rings. The fourth-order valence-corrected chi connectivity index (χ4v) is 1.66. The van der Waals surface area contributed by atoms with Crippen molar-refractivity contribution in [1.29, 1.82) is 0 Å². The Morgan fingerprint density at radius 2 is 2.31 bits per heavy atom. The van der Waals surface area contributed by atoms with Gasteiger partial charge in [0.05, 0.1) is 23.0 Å². The van der Waals surface area contributed by atoms with E-state index in [2.05, 4.69) is 25.1 Å². The van der Waals surface area contributed by atoms with Crippen molar-refractivity contribution in [3.05, 3.63) is 28.6 Å². The zero-order valence-corrected chi connectivity index (χ0v) is 9.82. The highest BCUT2D eigenvalue weighted by Crippen LogP contribution is 2.18. The fourth-order valence-electron chi connectivity index (χ4n) is 1.44. The van der Waals surface area contributed by atoms with E-state index in [0.717, 1.165) is 11.4 Å². The number of rotatable bonds is 4. The van der Waals surface area contributed by atoms with Gasteiger partial charge < -0.3 is 9.84 Å². The van der Waals surface area contributed by atoms with E-state index in [9.17, 15) is 0 Å². The Bertz CT molecular complexity index is 464. The smallest absolute Gasteiger partial charge is 0.213 e. The average molecular weight is 242 g/mol. The molecule has 86 valence electrons. The number of hydrogen-bond acceptors (Lipinski definition) is 5. The van der Waals surface area contributed by atoms with Gasteiger partial charge in [0, 0.05) is 13.6 Å². The Morgan fingerprint density at radius 3 is 2.88 bits per heavy atom. The van der Waals surface area contributed by atoms with Crippen LogP contribution in [0, 0.1) is 6.92 Å². The predicted molar refractivity (Wildman–Crippen MR) is 57.8 cm³/mol. The van der Waals surface area contributed by atoms with Crippen molar-refractivity contribution in [3.8, 4) is 0 Å². The zero-order valence-electron chi connectivity index (χ0n) is 9.07. The minimum absolute atomic E-state index is 0.539. The molecular formula is C9H12ClN5O. The van der Waals surface area contributed by atoms with Gasteiger partial charge in [0.15, 0.2) is 5.82 Å². The Labute approximate surface area is 97.6 Å². The van der Waals surface area contributed by atoms with Crippen molar-refractivity contribution in [2.75, 3.05) is 0 Å². The summed E-state index contributed by atoms with van der Waals surface area (Å²) in [5.41, 5.74) is 1.78. The van der Waals surface area contributed by atoms with Crippen molar-refractivity contribution >= 4 is 11.6 Å². The van der Waals surface area contributed by atoms with Crippen LogP contribution < -0.4 is 5.32 Å². The van der Waals surface area contributed by atoms with Crippen molar-refractivity contribution < 1.29 is 4.52 Å². The quantitative estimate of drug-likeness (QED) is 0.867. The largest absolute Gasteiger partial charge is 0.343 e. The Kier molecular flexibility index (Phi) is 3.21. The van der Waals surface area contributed by atoms with E-state index in [4.69, 9.17) is 11.6 Å². The normalized spacial score (nSPS) is 10.9. The summed E-state index contributed by atoms with van der Waals surface area (Å²) in [6, 6.07) is 0. The highest BCUT2D eigenvalue weighted by atomic mass is 35.5. The summed E-state index contributed by atoms with van der Waals surface area (Å²) in [6.07, 6.45) is 1.30. The minimum Gasteiger partial charge on any atom is -0.343 e. The molecule has 0 bridgehead atoms. The van der Waals surface area contributed by atoms with Crippen LogP contribution in [0.5, 0.6) is 0 Å². The molecule has 0 amide bonds. The summed E-state index contributed by atoms with van der Waals surface area (Å²) in [5, 5.41) is 11.8. The Hall–Kier alpha value is -1.40. The molecule has 0 saturated heterocycles. The van der Waals surface area contributed by atoms with E-state index >= 15 is 0 Å². The van der Waals surface area contributed by atoms with Gasteiger partial charge in [0.1, 0.15) is 0 Å². The second kappa shape index (κ2) is 4.63. The molecule has 0 unspecified atom stereocenters. The third-order valence-corrected chi connectivity index (χ3v) is 2.74. The van der Waals surface area contributed by atoms with E-state index < -0.39 is 0 Å². The van der Waals surface area contributed by atoms with E-state index in [0.29, 0.717) is 23.9 Å². The number of nitrogens with zero attached hydrogens (tertiary/aromatic N) is 4. The van der Waals surface area contributed by atoms with Crippen molar-refractivity contribution in [2.24, 2.45) is 7.05 Å². The highest BCUT2D eigenvalue weighted by molar-refractivity contribution is 6.31. The first-order valence-electron chi connectivity index (χ1n) is 4.82. The molecule has 2 aromatic heterocycles. The van der Waals surface area contributed by atoms with Gasteiger partial charge in [0.25, 0.3) is 0 Å². The summed E-state index contributed by atoms with van der Waals surface area (Å²) in [4.78, 5) is 3.90. The molecule has 0 spiro atoms. The maximum atomic E-state index is 6.10. The fraction of sp³-hybridized carbons (Fsp3) is 0.444. The third-order valence-electron chi connectivity index (χ3n) is 2.24. The first-order chi connectivity index (χ1) is 7.68. The molecule has 2 rings (SSSR count). The monoisotopic (exact) mass is 241 g/mol. The lowest BCUT2D eigenvalue weighted by Crippen LogP contribution is -2.16. The van der Waals surface area contributed by atoms with Gasteiger partial charge >= 0.3 is 0 Å². The second-order valence-corrected chi connectivity index (χ2v) is 3.80. The lowest BCUT2D eigenvalue weighted by atomic mass is 10.3.